The molecule has 0 aromatic heterocycles. The monoisotopic (exact) mass is 267 g/mol. The number of rotatable bonds is 8. The first-order valence-corrected chi connectivity index (χ1v) is 7.75. The third-order valence-electron chi connectivity index (χ3n) is 2.97. The molecule has 4 heteroatoms. The van der Waals surface area contributed by atoms with E-state index in [0.29, 0.717) is 6.04 Å². The van der Waals surface area contributed by atoms with E-state index in [1.165, 1.54) is 18.4 Å². The summed E-state index contributed by atoms with van der Waals surface area (Å²) >= 11 is 1.79. The lowest BCUT2D eigenvalue weighted by Crippen LogP contribution is -2.16. The molecule has 3 nitrogen and oxygen atoms in total. The summed E-state index contributed by atoms with van der Waals surface area (Å²) < 4.78 is 11.2. The Morgan fingerprint density at radius 1 is 1.39 bits per heavy atom. The van der Waals surface area contributed by atoms with Gasteiger partial charge in [0.15, 0.2) is 11.5 Å². The van der Waals surface area contributed by atoms with E-state index < -0.39 is 0 Å². The van der Waals surface area contributed by atoms with Gasteiger partial charge in [-0.2, -0.15) is 11.8 Å². The normalized spacial score (nSPS) is 14.6. The zero-order chi connectivity index (χ0) is 12.8. The molecule has 0 heterocycles. The molecule has 1 aliphatic carbocycles. The van der Waals surface area contributed by atoms with Gasteiger partial charge in [-0.3, -0.25) is 0 Å². The molecule has 0 bridgehead atoms. The molecule has 0 spiro atoms. The Morgan fingerprint density at radius 3 is 2.89 bits per heavy atom. The predicted octanol–water partition coefficient (Wildman–Crippen LogP) is 2.69. The lowest BCUT2D eigenvalue weighted by Gasteiger charge is -2.15. The molecule has 1 saturated carbocycles. The fraction of sp³-hybridized carbons (Fsp3) is 0.571. The molecule has 0 unspecified atom stereocenters. The number of methoxy groups -OCH3 is 1. The van der Waals surface area contributed by atoms with Crippen LogP contribution in [0.5, 0.6) is 11.5 Å². The minimum Gasteiger partial charge on any atom is -0.493 e. The predicted molar refractivity (Wildman–Crippen MR) is 76.7 cm³/mol. The van der Waals surface area contributed by atoms with Crippen molar-refractivity contribution in [2.75, 3.05) is 25.7 Å². The first kappa shape index (κ1) is 13.6. The molecule has 0 amide bonds. The molecule has 1 aromatic rings. The molecule has 18 heavy (non-hydrogen) atoms. The largest absolute Gasteiger partial charge is 0.493 e. The van der Waals surface area contributed by atoms with Gasteiger partial charge < -0.3 is 14.8 Å². The van der Waals surface area contributed by atoms with Crippen LogP contribution in [0, 0.1) is 0 Å². The molecular weight excluding hydrogens is 246 g/mol. The third kappa shape index (κ3) is 3.82. The Bertz CT molecular complexity index is 380. The van der Waals surface area contributed by atoms with Crippen LogP contribution in [0.3, 0.4) is 0 Å². The zero-order valence-electron chi connectivity index (χ0n) is 11.1. The highest BCUT2D eigenvalue weighted by Gasteiger charge is 2.21. The third-order valence-corrected chi connectivity index (χ3v) is 3.55. The summed E-state index contributed by atoms with van der Waals surface area (Å²) in [5, 5.41) is 3.51. The van der Waals surface area contributed by atoms with Crippen molar-refractivity contribution < 1.29 is 9.47 Å². The number of hydrogen-bond acceptors (Lipinski definition) is 4. The standard InChI is InChI=1S/C14H21NO2S/c1-16-13-5-3-4-11(10-15-12-6-7-12)14(13)17-8-9-18-2/h3-5,12,15H,6-10H2,1-2H3. The average Bonchev–Trinajstić information content (AvgIpc) is 3.21. The molecule has 0 atom stereocenters. The van der Waals surface area contributed by atoms with Gasteiger partial charge in [-0.1, -0.05) is 12.1 Å². The van der Waals surface area contributed by atoms with Crippen LogP contribution in [-0.2, 0) is 6.54 Å². The topological polar surface area (TPSA) is 30.5 Å². The Balaban J connectivity index is 2.03. The Hall–Kier alpha value is -0.870. The van der Waals surface area contributed by atoms with Gasteiger partial charge in [0.2, 0.25) is 0 Å². The average molecular weight is 267 g/mol. The molecular formula is C14H21NO2S. The second kappa shape index (κ2) is 6.90. The van der Waals surface area contributed by atoms with Gasteiger partial charge in [0.25, 0.3) is 0 Å². The molecule has 1 aromatic carbocycles. The van der Waals surface area contributed by atoms with Crippen molar-refractivity contribution in [1.29, 1.82) is 0 Å². The van der Waals surface area contributed by atoms with Gasteiger partial charge in [-0.15, -0.1) is 0 Å². The van der Waals surface area contributed by atoms with Crippen LogP contribution in [0.25, 0.3) is 0 Å². The van der Waals surface area contributed by atoms with E-state index in [-0.39, 0.29) is 0 Å². The highest BCUT2D eigenvalue weighted by Crippen LogP contribution is 2.32. The molecule has 2 rings (SSSR count). The molecule has 0 saturated heterocycles. The van der Waals surface area contributed by atoms with Crippen LogP contribution < -0.4 is 14.8 Å². The molecule has 1 N–H and O–H groups in total. The summed E-state index contributed by atoms with van der Waals surface area (Å²) in [5.41, 5.74) is 1.18. The summed E-state index contributed by atoms with van der Waals surface area (Å²) in [4.78, 5) is 0. The van der Waals surface area contributed by atoms with Crippen molar-refractivity contribution in [2.24, 2.45) is 0 Å². The maximum absolute atomic E-state index is 5.87. The minimum atomic E-state index is 0.704. The zero-order valence-corrected chi connectivity index (χ0v) is 11.9. The van der Waals surface area contributed by atoms with Gasteiger partial charge in [-0.05, 0) is 25.2 Å². The Morgan fingerprint density at radius 2 is 2.22 bits per heavy atom. The van der Waals surface area contributed by atoms with Crippen LogP contribution in [0.4, 0.5) is 0 Å². The molecule has 1 aliphatic rings. The highest BCUT2D eigenvalue weighted by atomic mass is 32.2. The van der Waals surface area contributed by atoms with E-state index in [0.717, 1.165) is 30.4 Å². The van der Waals surface area contributed by atoms with Gasteiger partial charge in [-0.25, -0.2) is 0 Å². The van der Waals surface area contributed by atoms with E-state index in [1.807, 2.05) is 12.1 Å². The summed E-state index contributed by atoms with van der Waals surface area (Å²) in [6.07, 6.45) is 4.68. The van der Waals surface area contributed by atoms with E-state index in [4.69, 9.17) is 9.47 Å². The second-order valence-corrected chi connectivity index (χ2v) is 5.43. The van der Waals surface area contributed by atoms with Gasteiger partial charge in [0.05, 0.1) is 13.7 Å². The summed E-state index contributed by atoms with van der Waals surface area (Å²) in [5.74, 6) is 2.71. The van der Waals surface area contributed by atoms with Crippen LogP contribution in [-0.4, -0.2) is 31.8 Å². The van der Waals surface area contributed by atoms with Crippen molar-refractivity contribution in [2.45, 2.75) is 25.4 Å². The van der Waals surface area contributed by atoms with E-state index >= 15 is 0 Å². The Labute approximate surface area is 113 Å². The van der Waals surface area contributed by atoms with E-state index in [1.54, 1.807) is 18.9 Å². The number of nitrogens with one attached hydrogen (secondary N) is 1. The molecule has 0 radical (unpaired) electrons. The van der Waals surface area contributed by atoms with Crippen LogP contribution in [0.2, 0.25) is 0 Å². The maximum Gasteiger partial charge on any atom is 0.165 e. The van der Waals surface area contributed by atoms with Gasteiger partial charge >= 0.3 is 0 Å². The van der Waals surface area contributed by atoms with E-state index in [9.17, 15) is 0 Å². The highest BCUT2D eigenvalue weighted by molar-refractivity contribution is 7.98. The number of ether oxygens (including phenoxy) is 2. The van der Waals surface area contributed by atoms with Crippen molar-refractivity contribution in [3.8, 4) is 11.5 Å². The Kier molecular flexibility index (Phi) is 5.20. The summed E-state index contributed by atoms with van der Waals surface area (Å²) in [6.45, 7) is 1.58. The minimum absolute atomic E-state index is 0.704. The number of hydrogen-bond donors (Lipinski definition) is 1. The first-order valence-electron chi connectivity index (χ1n) is 6.36. The van der Waals surface area contributed by atoms with E-state index in [2.05, 4.69) is 17.6 Å². The van der Waals surface area contributed by atoms with Crippen molar-refractivity contribution >= 4 is 11.8 Å². The van der Waals surface area contributed by atoms with Crippen LogP contribution in [0.1, 0.15) is 18.4 Å². The second-order valence-electron chi connectivity index (χ2n) is 4.44. The van der Waals surface area contributed by atoms with Crippen molar-refractivity contribution in [1.82, 2.24) is 5.32 Å². The lowest BCUT2D eigenvalue weighted by molar-refractivity contribution is 0.309. The van der Waals surface area contributed by atoms with Crippen molar-refractivity contribution in [3.63, 3.8) is 0 Å². The van der Waals surface area contributed by atoms with Crippen LogP contribution in [0.15, 0.2) is 18.2 Å². The summed E-state index contributed by atoms with van der Waals surface area (Å²) in [6, 6.07) is 6.78. The SMILES string of the molecule is COc1cccc(CNC2CC2)c1OCCSC. The van der Waals surface area contributed by atoms with Gasteiger partial charge in [0.1, 0.15) is 0 Å². The number of benzene rings is 1. The quantitative estimate of drug-likeness (QED) is 0.734. The van der Waals surface area contributed by atoms with Crippen molar-refractivity contribution in [3.05, 3.63) is 23.8 Å². The van der Waals surface area contributed by atoms with Gasteiger partial charge in [0, 0.05) is 23.9 Å². The van der Waals surface area contributed by atoms with Crippen LogP contribution >= 0.6 is 11.8 Å². The number of thioether (sulfide) groups is 1. The molecule has 100 valence electrons. The lowest BCUT2D eigenvalue weighted by atomic mass is 10.2. The number of para-hydroxylation sites is 1. The summed E-state index contributed by atoms with van der Waals surface area (Å²) in [7, 11) is 1.69. The fourth-order valence-electron chi connectivity index (χ4n) is 1.79. The molecule has 1 fully saturated rings. The maximum atomic E-state index is 5.87. The first-order chi connectivity index (χ1) is 8.85. The smallest absolute Gasteiger partial charge is 0.165 e. The molecule has 0 aliphatic heterocycles. The fourth-order valence-corrected chi connectivity index (χ4v) is 2.04.